The van der Waals surface area contributed by atoms with Crippen molar-refractivity contribution in [2.24, 2.45) is 0 Å². The van der Waals surface area contributed by atoms with Crippen LogP contribution in [0.2, 0.25) is 0 Å². The number of fused-ring (bicyclic) bond motifs is 1. The number of pyridine rings is 1. The van der Waals surface area contributed by atoms with Gasteiger partial charge in [-0.25, -0.2) is 9.78 Å². The van der Waals surface area contributed by atoms with E-state index in [0.717, 1.165) is 0 Å². The molecule has 0 aliphatic carbocycles. The van der Waals surface area contributed by atoms with Gasteiger partial charge in [0.25, 0.3) is 0 Å². The van der Waals surface area contributed by atoms with E-state index < -0.39 is 5.97 Å². The van der Waals surface area contributed by atoms with Gasteiger partial charge in [0.2, 0.25) is 0 Å². The maximum atomic E-state index is 12.0. The molecule has 0 atom stereocenters. The molecule has 0 aromatic carbocycles. The molecule has 0 radical (unpaired) electrons. The minimum atomic E-state index is -0.422. The number of carbonyl (C=O) groups excluding carboxylic acids is 1. The van der Waals surface area contributed by atoms with Gasteiger partial charge in [-0.05, 0) is 20.8 Å². The van der Waals surface area contributed by atoms with Gasteiger partial charge in [-0.1, -0.05) is 0 Å². The van der Waals surface area contributed by atoms with Gasteiger partial charge in [0.05, 0.1) is 24.3 Å². The van der Waals surface area contributed by atoms with Crippen molar-refractivity contribution in [2.75, 3.05) is 13.2 Å². The normalized spacial score (nSPS) is 10.6. The van der Waals surface area contributed by atoms with Gasteiger partial charge >= 0.3 is 5.97 Å². The van der Waals surface area contributed by atoms with E-state index >= 15 is 0 Å². The number of esters is 1. The van der Waals surface area contributed by atoms with Crippen molar-refractivity contribution in [2.45, 2.75) is 20.8 Å². The first-order valence-corrected chi connectivity index (χ1v) is 5.83. The lowest BCUT2D eigenvalue weighted by Crippen LogP contribution is -2.11. The third-order valence-corrected chi connectivity index (χ3v) is 2.50. The number of carbonyl (C=O) groups is 1. The third-order valence-electron chi connectivity index (χ3n) is 2.50. The van der Waals surface area contributed by atoms with Crippen LogP contribution in [0.4, 0.5) is 0 Å². The molecule has 18 heavy (non-hydrogen) atoms. The second-order valence-electron chi connectivity index (χ2n) is 3.68. The first kappa shape index (κ1) is 12.3. The monoisotopic (exact) mass is 249 g/mol. The zero-order valence-electron chi connectivity index (χ0n) is 10.6. The van der Waals surface area contributed by atoms with Crippen molar-refractivity contribution in [3.05, 3.63) is 17.5 Å². The molecule has 0 amide bonds. The summed E-state index contributed by atoms with van der Waals surface area (Å²) in [6, 6.07) is 0. The molecule has 0 saturated heterocycles. The number of nitrogens with zero attached hydrogens (tertiary/aromatic N) is 2. The molecule has 0 spiro atoms. The van der Waals surface area contributed by atoms with Crippen molar-refractivity contribution < 1.29 is 14.3 Å². The SMILES string of the molecule is CCOC(=O)c1c(C)nc2n[nH]cc2c1OCC. The lowest BCUT2D eigenvalue weighted by molar-refractivity contribution is 0.0521. The summed E-state index contributed by atoms with van der Waals surface area (Å²) in [5.74, 6) is 0.0567. The average Bonchev–Trinajstić information content (AvgIpc) is 2.77. The van der Waals surface area contributed by atoms with E-state index in [0.29, 0.717) is 41.3 Å². The molecule has 6 heteroatoms. The fourth-order valence-corrected chi connectivity index (χ4v) is 1.79. The third kappa shape index (κ3) is 2.01. The Bertz CT molecular complexity index is 577. The smallest absolute Gasteiger partial charge is 0.343 e. The Kier molecular flexibility index (Phi) is 3.45. The van der Waals surface area contributed by atoms with Crippen LogP contribution in [0.3, 0.4) is 0 Å². The lowest BCUT2D eigenvalue weighted by Gasteiger charge is -2.12. The van der Waals surface area contributed by atoms with E-state index in [4.69, 9.17) is 9.47 Å². The Morgan fingerprint density at radius 1 is 1.39 bits per heavy atom. The van der Waals surface area contributed by atoms with E-state index in [1.807, 2.05) is 6.92 Å². The van der Waals surface area contributed by atoms with Gasteiger partial charge in [0.1, 0.15) is 11.3 Å². The van der Waals surface area contributed by atoms with Crippen LogP contribution in [0.25, 0.3) is 11.0 Å². The molecular formula is C12H15N3O3. The maximum Gasteiger partial charge on any atom is 0.343 e. The molecule has 2 aromatic rings. The van der Waals surface area contributed by atoms with E-state index in [1.165, 1.54) is 0 Å². The molecule has 1 N–H and O–H groups in total. The second-order valence-corrected chi connectivity index (χ2v) is 3.68. The first-order chi connectivity index (χ1) is 8.69. The Morgan fingerprint density at radius 3 is 2.83 bits per heavy atom. The molecule has 0 aliphatic rings. The summed E-state index contributed by atoms with van der Waals surface area (Å²) in [4.78, 5) is 16.2. The fraction of sp³-hybridized carbons (Fsp3) is 0.417. The second kappa shape index (κ2) is 5.03. The number of hydrogen-bond acceptors (Lipinski definition) is 5. The molecule has 0 fully saturated rings. The number of aryl methyl sites for hydroxylation is 1. The molecule has 2 rings (SSSR count). The zero-order chi connectivity index (χ0) is 13.1. The van der Waals surface area contributed by atoms with Crippen LogP contribution in [0.15, 0.2) is 6.20 Å². The summed E-state index contributed by atoms with van der Waals surface area (Å²) < 4.78 is 10.6. The number of rotatable bonds is 4. The highest BCUT2D eigenvalue weighted by atomic mass is 16.5. The van der Waals surface area contributed by atoms with Crippen LogP contribution in [0, 0.1) is 6.92 Å². The van der Waals surface area contributed by atoms with Crippen molar-refractivity contribution in [3.63, 3.8) is 0 Å². The summed E-state index contributed by atoms with van der Waals surface area (Å²) in [6.45, 7) is 6.13. The van der Waals surface area contributed by atoms with Gasteiger partial charge in [-0.3, -0.25) is 5.10 Å². The number of H-pyrrole nitrogens is 1. The van der Waals surface area contributed by atoms with Gasteiger partial charge in [-0.15, -0.1) is 0 Å². The van der Waals surface area contributed by atoms with Crippen molar-refractivity contribution in [3.8, 4) is 5.75 Å². The average molecular weight is 249 g/mol. The molecule has 0 bridgehead atoms. The topological polar surface area (TPSA) is 77.1 Å². The Morgan fingerprint density at radius 2 is 2.17 bits per heavy atom. The van der Waals surface area contributed by atoms with Gasteiger partial charge < -0.3 is 9.47 Å². The number of nitrogens with one attached hydrogen (secondary N) is 1. The highest BCUT2D eigenvalue weighted by Gasteiger charge is 2.22. The molecule has 0 saturated carbocycles. The Hall–Kier alpha value is -2.11. The fourth-order valence-electron chi connectivity index (χ4n) is 1.79. The molecule has 0 aliphatic heterocycles. The summed E-state index contributed by atoms with van der Waals surface area (Å²) in [5.41, 5.74) is 1.45. The number of aromatic nitrogens is 3. The van der Waals surface area contributed by atoms with Gasteiger partial charge in [-0.2, -0.15) is 5.10 Å². The molecule has 6 nitrogen and oxygen atoms in total. The summed E-state index contributed by atoms with van der Waals surface area (Å²) >= 11 is 0. The summed E-state index contributed by atoms with van der Waals surface area (Å²) in [6.07, 6.45) is 1.66. The number of ether oxygens (including phenoxy) is 2. The molecule has 96 valence electrons. The van der Waals surface area contributed by atoms with Crippen LogP contribution in [0.5, 0.6) is 5.75 Å². The van der Waals surface area contributed by atoms with Crippen LogP contribution >= 0.6 is 0 Å². The predicted octanol–water partition coefficient (Wildman–Crippen LogP) is 1.84. The quantitative estimate of drug-likeness (QED) is 0.836. The van der Waals surface area contributed by atoms with Crippen molar-refractivity contribution in [1.82, 2.24) is 15.2 Å². The van der Waals surface area contributed by atoms with Crippen LogP contribution in [-0.2, 0) is 4.74 Å². The van der Waals surface area contributed by atoms with E-state index in [1.54, 1.807) is 20.0 Å². The minimum absolute atomic E-state index is 0.313. The van der Waals surface area contributed by atoms with Gasteiger partial charge in [0.15, 0.2) is 5.65 Å². The van der Waals surface area contributed by atoms with Gasteiger partial charge in [0, 0.05) is 6.20 Å². The van der Waals surface area contributed by atoms with Crippen LogP contribution in [0.1, 0.15) is 29.9 Å². The largest absolute Gasteiger partial charge is 0.492 e. The lowest BCUT2D eigenvalue weighted by atomic mass is 10.1. The highest BCUT2D eigenvalue weighted by Crippen LogP contribution is 2.30. The molecule has 2 aromatic heterocycles. The van der Waals surface area contributed by atoms with Crippen LogP contribution in [-0.4, -0.2) is 34.4 Å². The molecule has 0 unspecified atom stereocenters. The van der Waals surface area contributed by atoms with E-state index in [-0.39, 0.29) is 0 Å². The minimum Gasteiger partial charge on any atom is -0.492 e. The first-order valence-electron chi connectivity index (χ1n) is 5.83. The Balaban J connectivity index is 2.64. The predicted molar refractivity (Wildman–Crippen MR) is 65.8 cm³/mol. The highest BCUT2D eigenvalue weighted by molar-refractivity contribution is 6.00. The van der Waals surface area contributed by atoms with E-state index in [2.05, 4.69) is 15.2 Å². The van der Waals surface area contributed by atoms with Crippen LogP contribution < -0.4 is 4.74 Å². The number of aromatic amines is 1. The summed E-state index contributed by atoms with van der Waals surface area (Å²) in [5, 5.41) is 7.40. The molecular weight excluding hydrogens is 234 g/mol. The van der Waals surface area contributed by atoms with Crippen molar-refractivity contribution >= 4 is 17.0 Å². The van der Waals surface area contributed by atoms with Crippen molar-refractivity contribution in [1.29, 1.82) is 0 Å². The standard InChI is InChI=1S/C12H15N3O3/c1-4-17-10-8-6-13-15-11(8)14-7(3)9(10)12(16)18-5-2/h6H,4-5H2,1-3H3,(H,13,14,15). The Labute approximate surface area is 104 Å². The van der Waals surface area contributed by atoms with E-state index in [9.17, 15) is 4.79 Å². The summed E-state index contributed by atoms with van der Waals surface area (Å²) in [7, 11) is 0. The zero-order valence-corrected chi connectivity index (χ0v) is 10.6. The molecule has 2 heterocycles. The number of hydrogen-bond donors (Lipinski definition) is 1. The maximum absolute atomic E-state index is 12.0.